The van der Waals surface area contributed by atoms with E-state index < -0.39 is 6.16 Å². The van der Waals surface area contributed by atoms with Crippen LogP contribution in [0.3, 0.4) is 0 Å². The van der Waals surface area contributed by atoms with Gasteiger partial charge in [0.05, 0.1) is 6.61 Å². The molecule has 1 N–H and O–H groups in total. The molecule has 0 saturated carbocycles. The van der Waals surface area contributed by atoms with Crippen molar-refractivity contribution in [1.82, 2.24) is 0 Å². The SMILES string of the molecule is CCCCCCCCCCCCCCCCCCCCCCCCCCCCCCC=CCCCCCCCCOC(=O)O. The lowest BCUT2D eigenvalue weighted by atomic mass is 10.0. The van der Waals surface area contributed by atoms with Crippen LogP contribution in [-0.4, -0.2) is 17.9 Å². The first kappa shape index (κ1) is 43.0. The van der Waals surface area contributed by atoms with Crippen LogP contribution in [0.5, 0.6) is 0 Å². The van der Waals surface area contributed by atoms with Crippen molar-refractivity contribution in [2.45, 2.75) is 238 Å². The highest BCUT2D eigenvalue weighted by Crippen LogP contribution is 2.16. The largest absolute Gasteiger partial charge is 0.505 e. The Balaban J connectivity index is 3.08. The molecule has 0 aliphatic heterocycles. The van der Waals surface area contributed by atoms with Crippen molar-refractivity contribution >= 4 is 6.16 Å². The summed E-state index contributed by atoms with van der Waals surface area (Å²) in [5.41, 5.74) is 0. The molecule has 0 rings (SSSR count). The second kappa shape index (κ2) is 40.0. The molecule has 0 radical (unpaired) electrons. The Morgan fingerprint density at radius 1 is 0.386 bits per heavy atom. The molecule has 3 nitrogen and oxygen atoms in total. The van der Waals surface area contributed by atoms with Gasteiger partial charge >= 0.3 is 6.16 Å². The molecule has 0 aliphatic rings. The first-order valence-corrected chi connectivity index (χ1v) is 20.3. The molecule has 262 valence electrons. The van der Waals surface area contributed by atoms with Crippen LogP contribution in [0.1, 0.15) is 238 Å². The molecule has 0 saturated heterocycles. The number of hydrogen-bond donors (Lipinski definition) is 1. The summed E-state index contributed by atoms with van der Waals surface area (Å²) >= 11 is 0. The highest BCUT2D eigenvalue weighted by atomic mass is 16.7. The van der Waals surface area contributed by atoms with Gasteiger partial charge in [-0.15, -0.1) is 0 Å². The van der Waals surface area contributed by atoms with Crippen molar-refractivity contribution in [2.24, 2.45) is 0 Å². The summed E-state index contributed by atoms with van der Waals surface area (Å²) in [5.74, 6) is 0. The fourth-order valence-electron chi connectivity index (χ4n) is 6.40. The van der Waals surface area contributed by atoms with Crippen molar-refractivity contribution < 1.29 is 14.6 Å². The van der Waals surface area contributed by atoms with Crippen LogP contribution in [0.2, 0.25) is 0 Å². The van der Waals surface area contributed by atoms with Crippen LogP contribution in [0.4, 0.5) is 4.79 Å². The lowest BCUT2D eigenvalue weighted by molar-refractivity contribution is 0.0899. The van der Waals surface area contributed by atoms with E-state index in [2.05, 4.69) is 23.8 Å². The molecule has 44 heavy (non-hydrogen) atoms. The molecule has 0 aliphatic carbocycles. The van der Waals surface area contributed by atoms with E-state index in [1.165, 1.54) is 218 Å². The molecule has 0 spiro atoms. The summed E-state index contributed by atoms with van der Waals surface area (Å²) in [4.78, 5) is 10.3. The van der Waals surface area contributed by atoms with Crippen LogP contribution < -0.4 is 0 Å². The van der Waals surface area contributed by atoms with Crippen LogP contribution in [0, 0.1) is 0 Å². The van der Waals surface area contributed by atoms with Gasteiger partial charge in [0.2, 0.25) is 0 Å². The van der Waals surface area contributed by atoms with Gasteiger partial charge in [-0.1, -0.05) is 218 Å². The monoisotopic (exact) mass is 621 g/mol. The normalized spacial score (nSPS) is 11.6. The lowest BCUT2D eigenvalue weighted by Crippen LogP contribution is -2.01. The third-order valence-corrected chi connectivity index (χ3v) is 9.38. The molecular weight excluding hydrogens is 540 g/mol. The number of unbranched alkanes of at least 4 members (excludes halogenated alkanes) is 34. The van der Waals surface area contributed by atoms with Gasteiger partial charge in [-0.25, -0.2) is 4.79 Å². The molecule has 3 heteroatoms. The van der Waals surface area contributed by atoms with E-state index in [-0.39, 0.29) is 0 Å². The van der Waals surface area contributed by atoms with E-state index in [0.717, 1.165) is 12.8 Å². The number of ether oxygens (including phenoxy) is 1. The second-order valence-corrected chi connectivity index (χ2v) is 13.8. The molecule has 0 amide bonds. The maximum atomic E-state index is 10.3. The Kier molecular flexibility index (Phi) is 39.1. The van der Waals surface area contributed by atoms with Crippen molar-refractivity contribution in [3.63, 3.8) is 0 Å². The Morgan fingerprint density at radius 3 is 0.864 bits per heavy atom. The summed E-state index contributed by atoms with van der Waals surface area (Å²) < 4.78 is 4.52. The van der Waals surface area contributed by atoms with Gasteiger partial charge in [0.15, 0.2) is 0 Å². The number of carbonyl (C=O) groups is 1. The van der Waals surface area contributed by atoms with Crippen molar-refractivity contribution in [3.8, 4) is 0 Å². The minimum atomic E-state index is -1.15. The topological polar surface area (TPSA) is 46.5 Å². The first-order chi connectivity index (χ1) is 21.8. The van der Waals surface area contributed by atoms with Crippen molar-refractivity contribution in [1.29, 1.82) is 0 Å². The van der Waals surface area contributed by atoms with Gasteiger partial charge in [0, 0.05) is 0 Å². The summed E-state index contributed by atoms with van der Waals surface area (Å²) in [5, 5.41) is 8.42. The second-order valence-electron chi connectivity index (χ2n) is 13.8. The minimum absolute atomic E-state index is 0.345. The Bertz CT molecular complexity index is 558. The highest BCUT2D eigenvalue weighted by molar-refractivity contribution is 5.56. The summed E-state index contributed by atoms with van der Waals surface area (Å²) in [6.45, 7) is 2.65. The molecule has 0 fully saturated rings. The Morgan fingerprint density at radius 2 is 0.614 bits per heavy atom. The molecule has 0 aromatic rings. The van der Waals surface area contributed by atoms with Gasteiger partial charge in [0.25, 0.3) is 0 Å². The zero-order valence-electron chi connectivity index (χ0n) is 30.1. The average molecular weight is 621 g/mol. The van der Waals surface area contributed by atoms with Gasteiger partial charge in [-0.3, -0.25) is 0 Å². The first-order valence-electron chi connectivity index (χ1n) is 20.3. The van der Waals surface area contributed by atoms with E-state index in [1.807, 2.05) is 0 Å². The number of allylic oxidation sites excluding steroid dienone is 2. The Labute approximate surface area is 277 Å². The van der Waals surface area contributed by atoms with E-state index in [9.17, 15) is 4.79 Å². The zero-order valence-corrected chi connectivity index (χ0v) is 30.1. The molecule has 0 heterocycles. The molecule has 0 aromatic heterocycles. The molecule has 0 aromatic carbocycles. The Hall–Kier alpha value is -0.990. The van der Waals surface area contributed by atoms with E-state index in [0.29, 0.717) is 6.61 Å². The smallest absolute Gasteiger partial charge is 0.450 e. The zero-order chi connectivity index (χ0) is 31.9. The van der Waals surface area contributed by atoms with Crippen LogP contribution in [0.25, 0.3) is 0 Å². The van der Waals surface area contributed by atoms with Crippen LogP contribution in [0.15, 0.2) is 12.2 Å². The van der Waals surface area contributed by atoms with Crippen LogP contribution in [-0.2, 0) is 4.74 Å². The third-order valence-electron chi connectivity index (χ3n) is 9.38. The van der Waals surface area contributed by atoms with Crippen molar-refractivity contribution in [2.75, 3.05) is 6.61 Å². The summed E-state index contributed by atoms with van der Waals surface area (Å²) in [6.07, 6.45) is 53.8. The standard InChI is InChI=1S/C41H80O3/c1-2-3-4-5-6-7-8-9-10-11-12-13-14-15-16-17-18-19-20-21-22-23-24-25-26-27-28-29-30-31-32-33-34-35-36-37-38-39-40-44-41(42)43/h31-32H,2-30,33-40H2,1H3,(H,42,43). The fraction of sp³-hybridized carbons (Fsp3) is 0.927. The fourth-order valence-corrected chi connectivity index (χ4v) is 6.40. The van der Waals surface area contributed by atoms with E-state index >= 15 is 0 Å². The number of hydrogen-bond acceptors (Lipinski definition) is 2. The minimum Gasteiger partial charge on any atom is -0.450 e. The maximum Gasteiger partial charge on any atom is 0.505 e. The van der Waals surface area contributed by atoms with Gasteiger partial charge in [-0.05, 0) is 32.1 Å². The quantitative estimate of drug-likeness (QED) is 0.0424. The predicted molar refractivity (Wildman–Crippen MR) is 195 cm³/mol. The van der Waals surface area contributed by atoms with E-state index in [1.54, 1.807) is 0 Å². The van der Waals surface area contributed by atoms with Gasteiger partial charge in [-0.2, -0.15) is 0 Å². The summed E-state index contributed by atoms with van der Waals surface area (Å²) in [6, 6.07) is 0. The van der Waals surface area contributed by atoms with Crippen LogP contribution >= 0.6 is 0 Å². The van der Waals surface area contributed by atoms with Crippen molar-refractivity contribution in [3.05, 3.63) is 12.2 Å². The molecule has 0 unspecified atom stereocenters. The predicted octanol–water partition coefficient (Wildman–Crippen LogP) is 15.3. The van der Waals surface area contributed by atoms with Gasteiger partial charge < -0.3 is 9.84 Å². The average Bonchev–Trinajstić information content (AvgIpc) is 3.02. The molecule has 0 atom stereocenters. The van der Waals surface area contributed by atoms with E-state index in [4.69, 9.17) is 5.11 Å². The molecular formula is C41H80O3. The van der Waals surface area contributed by atoms with Gasteiger partial charge in [0.1, 0.15) is 0 Å². The molecule has 0 bridgehead atoms. The number of rotatable bonds is 38. The summed E-state index contributed by atoms with van der Waals surface area (Å²) in [7, 11) is 0. The number of carboxylic acid groups (broad SMARTS) is 1. The highest BCUT2D eigenvalue weighted by Gasteiger charge is 1.98. The third kappa shape index (κ3) is 41.0. The lowest BCUT2D eigenvalue weighted by Gasteiger charge is -2.04. The maximum absolute atomic E-state index is 10.3.